The zero-order valence-electron chi connectivity index (χ0n) is 16.3. The molecule has 3 rings (SSSR count). The van der Waals surface area contributed by atoms with Crippen LogP contribution in [0.4, 0.5) is 0 Å². The molecule has 144 valence electrons. The van der Waals surface area contributed by atoms with Crippen molar-refractivity contribution >= 4 is 11.0 Å². The normalized spacial score (nSPS) is 12.1. The molecule has 0 saturated carbocycles. The van der Waals surface area contributed by atoms with Crippen molar-refractivity contribution in [1.29, 1.82) is 0 Å². The van der Waals surface area contributed by atoms with E-state index in [2.05, 4.69) is 35.2 Å². The van der Waals surface area contributed by atoms with Crippen LogP contribution < -0.4 is 19.5 Å². The number of hydrogen-bond acceptors (Lipinski definition) is 5. The number of hydrogen-bond donors (Lipinski definition) is 2. The highest BCUT2D eigenvalue weighted by atomic mass is 16.5. The highest BCUT2D eigenvalue weighted by molar-refractivity contribution is 5.76. The summed E-state index contributed by atoms with van der Waals surface area (Å²) in [5.74, 6) is 3.24. The number of aromatic nitrogens is 2. The fourth-order valence-electron chi connectivity index (χ4n) is 2.80. The Morgan fingerprint density at radius 1 is 1.04 bits per heavy atom. The maximum absolute atomic E-state index is 5.90. The van der Waals surface area contributed by atoms with E-state index in [-0.39, 0.29) is 6.10 Å². The van der Waals surface area contributed by atoms with Crippen LogP contribution >= 0.6 is 0 Å². The summed E-state index contributed by atoms with van der Waals surface area (Å²) in [5, 5.41) is 3.41. The van der Waals surface area contributed by atoms with Crippen molar-refractivity contribution < 1.29 is 14.2 Å². The zero-order chi connectivity index (χ0) is 19.2. The quantitative estimate of drug-likeness (QED) is 0.596. The SMILES string of the molecule is CC[C@H](C)Oc1ccc(CNCc2nc3ccc(OC)cc3[nH]2)cc1OC. The lowest BCUT2D eigenvalue weighted by Gasteiger charge is -2.16. The predicted octanol–water partition coefficient (Wildman–Crippen LogP) is 4.05. The number of imidazole rings is 1. The smallest absolute Gasteiger partial charge is 0.161 e. The maximum atomic E-state index is 5.90. The van der Waals surface area contributed by atoms with Crippen LogP contribution in [0.5, 0.6) is 17.2 Å². The van der Waals surface area contributed by atoms with Gasteiger partial charge in [-0.1, -0.05) is 13.0 Å². The molecular weight excluding hydrogens is 342 g/mol. The van der Waals surface area contributed by atoms with Gasteiger partial charge in [0.25, 0.3) is 0 Å². The first-order valence-corrected chi connectivity index (χ1v) is 9.19. The fourth-order valence-corrected chi connectivity index (χ4v) is 2.80. The summed E-state index contributed by atoms with van der Waals surface area (Å²) in [4.78, 5) is 7.91. The second-order valence-electron chi connectivity index (χ2n) is 6.49. The summed E-state index contributed by atoms with van der Waals surface area (Å²) in [6, 6.07) is 11.8. The molecule has 2 aromatic carbocycles. The van der Waals surface area contributed by atoms with Crippen molar-refractivity contribution in [1.82, 2.24) is 15.3 Å². The van der Waals surface area contributed by atoms with Crippen LogP contribution in [0.1, 0.15) is 31.7 Å². The number of ether oxygens (including phenoxy) is 3. The average Bonchev–Trinajstić information content (AvgIpc) is 3.10. The van der Waals surface area contributed by atoms with Crippen LogP contribution in [-0.4, -0.2) is 30.3 Å². The van der Waals surface area contributed by atoms with Crippen LogP contribution in [0.25, 0.3) is 11.0 Å². The van der Waals surface area contributed by atoms with E-state index >= 15 is 0 Å². The topological polar surface area (TPSA) is 68.4 Å². The van der Waals surface area contributed by atoms with Gasteiger partial charge in [0.15, 0.2) is 11.5 Å². The molecule has 2 N–H and O–H groups in total. The number of benzene rings is 2. The minimum Gasteiger partial charge on any atom is -0.497 e. The van der Waals surface area contributed by atoms with Crippen LogP contribution in [0.15, 0.2) is 36.4 Å². The molecule has 0 bridgehead atoms. The van der Waals surface area contributed by atoms with Gasteiger partial charge in [-0.3, -0.25) is 0 Å². The molecule has 27 heavy (non-hydrogen) atoms. The molecule has 0 aliphatic rings. The second-order valence-corrected chi connectivity index (χ2v) is 6.49. The molecule has 0 fully saturated rings. The third-order valence-corrected chi connectivity index (χ3v) is 4.49. The predicted molar refractivity (Wildman–Crippen MR) is 107 cm³/mol. The first-order chi connectivity index (χ1) is 13.1. The fraction of sp³-hybridized carbons (Fsp3) is 0.381. The van der Waals surface area contributed by atoms with E-state index < -0.39 is 0 Å². The molecule has 1 atom stereocenters. The minimum absolute atomic E-state index is 0.162. The lowest BCUT2D eigenvalue weighted by molar-refractivity contribution is 0.207. The van der Waals surface area contributed by atoms with E-state index in [4.69, 9.17) is 14.2 Å². The Bertz CT molecular complexity index is 892. The first kappa shape index (κ1) is 19.0. The number of H-pyrrole nitrogens is 1. The van der Waals surface area contributed by atoms with E-state index in [1.165, 1.54) is 0 Å². The van der Waals surface area contributed by atoms with Gasteiger partial charge in [0.1, 0.15) is 11.6 Å². The molecule has 1 aromatic heterocycles. The van der Waals surface area contributed by atoms with Crippen molar-refractivity contribution in [2.75, 3.05) is 14.2 Å². The largest absolute Gasteiger partial charge is 0.497 e. The van der Waals surface area contributed by atoms with Crippen molar-refractivity contribution in [2.45, 2.75) is 39.5 Å². The second kappa shape index (κ2) is 8.77. The Hall–Kier alpha value is -2.73. The molecule has 0 radical (unpaired) electrons. The summed E-state index contributed by atoms with van der Waals surface area (Å²) in [6.07, 6.45) is 1.12. The summed E-state index contributed by atoms with van der Waals surface area (Å²) < 4.78 is 16.6. The molecule has 6 nitrogen and oxygen atoms in total. The number of rotatable bonds is 9. The van der Waals surface area contributed by atoms with Crippen LogP contribution in [0.2, 0.25) is 0 Å². The van der Waals surface area contributed by atoms with Gasteiger partial charge >= 0.3 is 0 Å². The molecule has 0 unspecified atom stereocenters. The van der Waals surface area contributed by atoms with Gasteiger partial charge in [0.2, 0.25) is 0 Å². The van der Waals surface area contributed by atoms with Crippen LogP contribution in [0, 0.1) is 0 Å². The highest BCUT2D eigenvalue weighted by Gasteiger charge is 2.09. The number of fused-ring (bicyclic) bond motifs is 1. The van der Waals surface area contributed by atoms with Crippen molar-refractivity contribution in [3.63, 3.8) is 0 Å². The lowest BCUT2D eigenvalue weighted by Crippen LogP contribution is -2.14. The van der Waals surface area contributed by atoms with Crippen LogP contribution in [-0.2, 0) is 13.1 Å². The standard InChI is InChI=1S/C21H27N3O3/c1-5-14(2)27-19-9-6-15(10-20(19)26-4)12-22-13-21-23-17-8-7-16(25-3)11-18(17)24-21/h6-11,14,22H,5,12-13H2,1-4H3,(H,23,24)/t14-/m0/s1. The minimum atomic E-state index is 0.162. The third kappa shape index (κ3) is 4.71. The Kier molecular flexibility index (Phi) is 6.19. The summed E-state index contributed by atoms with van der Waals surface area (Å²) in [6.45, 7) is 5.51. The van der Waals surface area contributed by atoms with Gasteiger partial charge in [0.05, 0.1) is 37.9 Å². The first-order valence-electron chi connectivity index (χ1n) is 9.19. The molecule has 0 amide bonds. The molecule has 0 aliphatic heterocycles. The van der Waals surface area contributed by atoms with E-state index in [0.717, 1.165) is 46.1 Å². The lowest BCUT2D eigenvalue weighted by atomic mass is 10.2. The van der Waals surface area contributed by atoms with E-state index in [1.807, 2.05) is 30.3 Å². The Morgan fingerprint density at radius 2 is 1.89 bits per heavy atom. The van der Waals surface area contributed by atoms with Gasteiger partial charge in [-0.15, -0.1) is 0 Å². The third-order valence-electron chi connectivity index (χ3n) is 4.49. The van der Waals surface area contributed by atoms with Crippen molar-refractivity contribution in [3.05, 3.63) is 47.8 Å². The Morgan fingerprint density at radius 3 is 2.63 bits per heavy atom. The molecular formula is C21H27N3O3. The van der Waals surface area contributed by atoms with E-state index in [9.17, 15) is 0 Å². The molecule has 0 aliphatic carbocycles. The maximum Gasteiger partial charge on any atom is 0.161 e. The number of aromatic amines is 1. The molecule has 0 spiro atoms. The molecule has 0 saturated heterocycles. The molecule has 3 aromatic rings. The van der Waals surface area contributed by atoms with E-state index in [0.29, 0.717) is 13.1 Å². The van der Waals surface area contributed by atoms with Gasteiger partial charge in [-0.05, 0) is 43.2 Å². The average molecular weight is 369 g/mol. The van der Waals surface area contributed by atoms with Crippen LogP contribution in [0.3, 0.4) is 0 Å². The summed E-state index contributed by atoms with van der Waals surface area (Å²) in [5.41, 5.74) is 3.03. The number of methoxy groups -OCH3 is 2. The summed E-state index contributed by atoms with van der Waals surface area (Å²) in [7, 11) is 3.33. The zero-order valence-corrected chi connectivity index (χ0v) is 16.3. The van der Waals surface area contributed by atoms with Crippen molar-refractivity contribution in [3.8, 4) is 17.2 Å². The van der Waals surface area contributed by atoms with Gasteiger partial charge < -0.3 is 24.5 Å². The Balaban J connectivity index is 1.61. The molecule has 6 heteroatoms. The summed E-state index contributed by atoms with van der Waals surface area (Å²) >= 11 is 0. The van der Waals surface area contributed by atoms with Gasteiger partial charge in [-0.2, -0.15) is 0 Å². The van der Waals surface area contributed by atoms with Gasteiger partial charge in [0, 0.05) is 12.6 Å². The highest BCUT2D eigenvalue weighted by Crippen LogP contribution is 2.29. The van der Waals surface area contributed by atoms with E-state index in [1.54, 1.807) is 14.2 Å². The van der Waals surface area contributed by atoms with Crippen molar-refractivity contribution in [2.24, 2.45) is 0 Å². The molecule has 1 heterocycles. The number of nitrogens with zero attached hydrogens (tertiary/aromatic N) is 1. The Labute approximate surface area is 159 Å². The van der Waals surface area contributed by atoms with Gasteiger partial charge in [-0.25, -0.2) is 4.98 Å². The monoisotopic (exact) mass is 369 g/mol. The number of nitrogens with one attached hydrogen (secondary N) is 2.